The first-order valence-electron chi connectivity index (χ1n) is 5.57. The molecule has 17 heavy (non-hydrogen) atoms. The van der Waals surface area contributed by atoms with Crippen LogP contribution in [0.25, 0.3) is 10.9 Å². The normalized spacial score (nSPS) is 10.9. The van der Waals surface area contributed by atoms with E-state index in [1.54, 1.807) is 12.1 Å². The van der Waals surface area contributed by atoms with Crippen LogP contribution in [0.5, 0.6) is 0 Å². The highest BCUT2D eigenvalue weighted by Crippen LogP contribution is 2.25. The number of aliphatic hydroxyl groups is 1. The van der Waals surface area contributed by atoms with Crippen molar-refractivity contribution < 1.29 is 15.0 Å². The van der Waals surface area contributed by atoms with Crippen LogP contribution in [0, 0.1) is 6.92 Å². The molecule has 0 spiro atoms. The number of aromatic nitrogens is 1. The lowest BCUT2D eigenvalue weighted by Gasteiger charge is -2.04. The molecule has 0 atom stereocenters. The van der Waals surface area contributed by atoms with Crippen molar-refractivity contribution in [3.05, 3.63) is 35.5 Å². The van der Waals surface area contributed by atoms with Crippen molar-refractivity contribution in [2.75, 3.05) is 6.61 Å². The highest BCUT2D eigenvalue weighted by molar-refractivity contribution is 6.04. The van der Waals surface area contributed by atoms with Gasteiger partial charge in [-0.1, -0.05) is 6.07 Å². The topological polar surface area (TPSA) is 62.5 Å². The van der Waals surface area contributed by atoms with Crippen molar-refractivity contribution in [2.45, 2.75) is 19.9 Å². The number of fused-ring (bicyclic) bond motifs is 1. The number of hydrogen-bond acceptors (Lipinski definition) is 2. The Morgan fingerprint density at radius 1 is 1.41 bits per heavy atom. The number of carboxylic acids is 1. The van der Waals surface area contributed by atoms with Crippen LogP contribution in [-0.4, -0.2) is 27.4 Å². The number of nitrogens with zero attached hydrogens (tertiary/aromatic N) is 1. The summed E-state index contributed by atoms with van der Waals surface area (Å²) in [5.41, 5.74) is 2.20. The largest absolute Gasteiger partial charge is 0.478 e. The molecule has 2 aromatic rings. The predicted molar refractivity (Wildman–Crippen MR) is 65.3 cm³/mol. The van der Waals surface area contributed by atoms with Gasteiger partial charge in [0.1, 0.15) is 0 Å². The molecular weight excluding hydrogens is 218 g/mol. The van der Waals surface area contributed by atoms with Gasteiger partial charge in [-0.15, -0.1) is 0 Å². The standard InChI is InChI=1S/C13H15NO3/c1-9-8-14(6-3-7-15)11-5-2-4-10(12(9)11)13(16)17/h2,4-5,8,15H,3,6-7H2,1H3,(H,16,17). The van der Waals surface area contributed by atoms with E-state index in [-0.39, 0.29) is 6.61 Å². The number of rotatable bonds is 4. The molecule has 4 heteroatoms. The minimum absolute atomic E-state index is 0.136. The Kier molecular flexibility index (Phi) is 3.15. The average Bonchev–Trinajstić information content (AvgIpc) is 2.64. The molecule has 2 N–H and O–H groups in total. The molecule has 0 aliphatic heterocycles. The van der Waals surface area contributed by atoms with E-state index in [4.69, 9.17) is 10.2 Å². The van der Waals surface area contributed by atoms with E-state index < -0.39 is 5.97 Å². The summed E-state index contributed by atoms with van der Waals surface area (Å²) in [6.45, 7) is 2.74. The van der Waals surface area contributed by atoms with Gasteiger partial charge in [0.25, 0.3) is 0 Å². The summed E-state index contributed by atoms with van der Waals surface area (Å²) in [6, 6.07) is 5.28. The summed E-state index contributed by atoms with van der Waals surface area (Å²) >= 11 is 0. The maximum atomic E-state index is 11.1. The van der Waals surface area contributed by atoms with Gasteiger partial charge >= 0.3 is 5.97 Å². The molecule has 0 saturated carbocycles. The van der Waals surface area contributed by atoms with Crippen LogP contribution in [0.15, 0.2) is 24.4 Å². The number of aromatic carboxylic acids is 1. The van der Waals surface area contributed by atoms with Crippen LogP contribution < -0.4 is 0 Å². The molecule has 0 bridgehead atoms. The van der Waals surface area contributed by atoms with Crippen molar-refractivity contribution >= 4 is 16.9 Å². The highest BCUT2D eigenvalue weighted by atomic mass is 16.4. The molecular formula is C13H15NO3. The van der Waals surface area contributed by atoms with Gasteiger partial charge in [-0.3, -0.25) is 0 Å². The second kappa shape index (κ2) is 4.59. The van der Waals surface area contributed by atoms with Crippen LogP contribution in [0.1, 0.15) is 22.3 Å². The molecule has 1 heterocycles. The van der Waals surface area contributed by atoms with E-state index in [2.05, 4.69) is 0 Å². The van der Waals surface area contributed by atoms with Gasteiger partial charge < -0.3 is 14.8 Å². The zero-order valence-electron chi connectivity index (χ0n) is 9.68. The number of carboxylic acid groups (broad SMARTS) is 1. The predicted octanol–water partition coefficient (Wildman–Crippen LogP) is 2.03. The smallest absolute Gasteiger partial charge is 0.336 e. The van der Waals surface area contributed by atoms with Gasteiger partial charge in [-0.25, -0.2) is 4.79 Å². The van der Waals surface area contributed by atoms with Crippen molar-refractivity contribution in [3.8, 4) is 0 Å². The maximum Gasteiger partial charge on any atom is 0.336 e. The molecule has 1 aromatic heterocycles. The molecule has 0 saturated heterocycles. The van der Waals surface area contributed by atoms with Crippen LogP contribution in [0.3, 0.4) is 0 Å². The number of aliphatic hydroxyl groups excluding tert-OH is 1. The molecule has 1 aromatic carbocycles. The van der Waals surface area contributed by atoms with Gasteiger partial charge in [0, 0.05) is 30.3 Å². The van der Waals surface area contributed by atoms with Crippen LogP contribution in [0.2, 0.25) is 0 Å². The zero-order chi connectivity index (χ0) is 12.4. The minimum Gasteiger partial charge on any atom is -0.478 e. The van der Waals surface area contributed by atoms with E-state index in [9.17, 15) is 4.79 Å². The molecule has 0 unspecified atom stereocenters. The van der Waals surface area contributed by atoms with Gasteiger partial charge in [-0.05, 0) is 31.0 Å². The van der Waals surface area contributed by atoms with Gasteiger partial charge in [-0.2, -0.15) is 0 Å². The van der Waals surface area contributed by atoms with E-state index >= 15 is 0 Å². The minimum atomic E-state index is -0.904. The summed E-state index contributed by atoms with van der Waals surface area (Å²) < 4.78 is 1.99. The lowest BCUT2D eigenvalue weighted by Crippen LogP contribution is -2.00. The third-order valence-electron chi connectivity index (χ3n) is 2.88. The summed E-state index contributed by atoms with van der Waals surface area (Å²) in [4.78, 5) is 11.1. The number of benzene rings is 1. The lowest BCUT2D eigenvalue weighted by molar-refractivity contribution is 0.0699. The summed E-state index contributed by atoms with van der Waals surface area (Å²) in [6.07, 6.45) is 2.60. The Labute approximate surface area is 99.1 Å². The quantitative estimate of drug-likeness (QED) is 0.849. The fraction of sp³-hybridized carbons (Fsp3) is 0.308. The van der Waals surface area contributed by atoms with E-state index in [0.717, 1.165) is 16.5 Å². The Balaban J connectivity index is 2.60. The fourth-order valence-corrected chi connectivity index (χ4v) is 2.17. The maximum absolute atomic E-state index is 11.1. The van der Waals surface area contributed by atoms with Crippen molar-refractivity contribution in [3.63, 3.8) is 0 Å². The molecule has 90 valence electrons. The van der Waals surface area contributed by atoms with Crippen molar-refractivity contribution in [1.82, 2.24) is 4.57 Å². The SMILES string of the molecule is Cc1cn(CCCO)c2cccc(C(=O)O)c12. The molecule has 0 radical (unpaired) electrons. The zero-order valence-corrected chi connectivity index (χ0v) is 9.68. The Morgan fingerprint density at radius 2 is 2.18 bits per heavy atom. The number of carbonyl (C=O) groups is 1. The van der Waals surface area contributed by atoms with E-state index in [0.29, 0.717) is 18.5 Å². The van der Waals surface area contributed by atoms with Crippen molar-refractivity contribution in [2.24, 2.45) is 0 Å². The van der Waals surface area contributed by atoms with Gasteiger partial charge in [0.05, 0.1) is 5.56 Å². The fourth-order valence-electron chi connectivity index (χ4n) is 2.17. The molecule has 0 aliphatic rings. The monoisotopic (exact) mass is 233 g/mol. The lowest BCUT2D eigenvalue weighted by atomic mass is 10.1. The first-order valence-corrected chi connectivity index (χ1v) is 5.57. The third kappa shape index (κ3) is 2.03. The summed E-state index contributed by atoms with van der Waals surface area (Å²) in [5.74, 6) is -0.904. The van der Waals surface area contributed by atoms with Crippen LogP contribution in [-0.2, 0) is 6.54 Å². The van der Waals surface area contributed by atoms with E-state index in [1.807, 2.05) is 23.8 Å². The van der Waals surface area contributed by atoms with Crippen molar-refractivity contribution in [1.29, 1.82) is 0 Å². The first kappa shape index (κ1) is 11.7. The Bertz CT molecular complexity index is 557. The van der Waals surface area contributed by atoms with Gasteiger partial charge in [0.15, 0.2) is 0 Å². The van der Waals surface area contributed by atoms with Gasteiger partial charge in [0.2, 0.25) is 0 Å². The van der Waals surface area contributed by atoms with E-state index in [1.165, 1.54) is 0 Å². The number of aryl methyl sites for hydroxylation is 2. The van der Waals surface area contributed by atoms with Crippen LogP contribution >= 0.6 is 0 Å². The Hall–Kier alpha value is -1.81. The first-order chi connectivity index (χ1) is 8.15. The third-order valence-corrected chi connectivity index (χ3v) is 2.88. The molecule has 2 rings (SSSR count). The second-order valence-electron chi connectivity index (χ2n) is 4.09. The summed E-state index contributed by atoms with van der Waals surface area (Å²) in [5, 5.41) is 18.8. The highest BCUT2D eigenvalue weighted by Gasteiger charge is 2.13. The average molecular weight is 233 g/mol. The van der Waals surface area contributed by atoms with Crippen LogP contribution in [0.4, 0.5) is 0 Å². The molecule has 4 nitrogen and oxygen atoms in total. The number of hydrogen-bond donors (Lipinski definition) is 2. The summed E-state index contributed by atoms with van der Waals surface area (Å²) in [7, 11) is 0. The molecule has 0 fully saturated rings. The molecule has 0 aliphatic carbocycles. The second-order valence-corrected chi connectivity index (χ2v) is 4.09. The molecule has 0 amide bonds. The Morgan fingerprint density at radius 3 is 2.82 bits per heavy atom.